The Morgan fingerprint density at radius 3 is 1.60 bits per heavy atom. The number of phenols is 4. The molecule has 2 aromatic rings. The van der Waals surface area contributed by atoms with Gasteiger partial charge in [-0.15, -0.1) is 0 Å². The number of phenolic OH excluding ortho intramolecular Hbond substituents is 4. The maximum absolute atomic E-state index is 9.87. The van der Waals surface area contributed by atoms with Crippen LogP contribution in [0.15, 0.2) is 30.3 Å². The quantitative estimate of drug-likeness (QED) is 0.590. The molecule has 4 N–H and O–H groups in total. The maximum Gasteiger partial charge on any atom is 0.125 e. The Bertz CT molecular complexity index is 645. The molecule has 0 heterocycles. The zero-order chi connectivity index (χ0) is 18.8. The van der Waals surface area contributed by atoms with Gasteiger partial charge >= 0.3 is 0 Å². The van der Waals surface area contributed by atoms with E-state index in [9.17, 15) is 20.4 Å². The summed E-state index contributed by atoms with van der Waals surface area (Å²) in [5.41, 5.74) is 2.28. The standard InChI is InChI=1S/C12H18O2.C9H12O2/c1-3-5-9-7-8-11(13)10(6-4-2)12(9)14;1-2-4-7-8(10)5-3-6-9(7)11/h7-8,13-14H,3-6H2,1-2H3;3,5-6,10-11H,2,4H2,1H3. The lowest BCUT2D eigenvalue weighted by atomic mass is 10.0. The van der Waals surface area contributed by atoms with Gasteiger partial charge in [-0.1, -0.05) is 52.2 Å². The van der Waals surface area contributed by atoms with Crippen LogP contribution in [-0.4, -0.2) is 20.4 Å². The first kappa shape index (κ1) is 20.7. The van der Waals surface area contributed by atoms with E-state index in [1.807, 2.05) is 13.8 Å². The van der Waals surface area contributed by atoms with Gasteiger partial charge in [0, 0.05) is 11.1 Å². The Kier molecular flexibility index (Phi) is 8.68. The zero-order valence-electron chi connectivity index (χ0n) is 15.4. The maximum atomic E-state index is 9.87. The minimum atomic E-state index is 0.187. The molecule has 0 bridgehead atoms. The van der Waals surface area contributed by atoms with Crippen LogP contribution in [0.5, 0.6) is 23.0 Å². The lowest BCUT2D eigenvalue weighted by molar-refractivity contribution is 0.432. The van der Waals surface area contributed by atoms with E-state index in [0.717, 1.165) is 44.1 Å². The number of aryl methyl sites for hydroxylation is 1. The van der Waals surface area contributed by atoms with Crippen LogP contribution in [0.2, 0.25) is 0 Å². The van der Waals surface area contributed by atoms with Crippen molar-refractivity contribution in [1.29, 1.82) is 0 Å². The molecule has 0 aliphatic heterocycles. The SMILES string of the molecule is CCCc1c(O)cccc1O.CCCc1ccc(O)c(CCC)c1O. The van der Waals surface area contributed by atoms with E-state index in [0.29, 0.717) is 11.1 Å². The average molecular weight is 346 g/mol. The topological polar surface area (TPSA) is 80.9 Å². The van der Waals surface area contributed by atoms with Gasteiger partial charge in [0.25, 0.3) is 0 Å². The molecule has 0 spiro atoms. The first-order valence-electron chi connectivity index (χ1n) is 8.98. The molecule has 0 radical (unpaired) electrons. The second kappa shape index (κ2) is 10.5. The van der Waals surface area contributed by atoms with E-state index in [4.69, 9.17) is 0 Å². The summed E-state index contributed by atoms with van der Waals surface area (Å²) in [6.07, 6.45) is 5.17. The lowest BCUT2D eigenvalue weighted by Crippen LogP contribution is -1.91. The van der Waals surface area contributed by atoms with Gasteiger partial charge in [0.15, 0.2) is 0 Å². The predicted octanol–water partition coefficient (Wildman–Crippen LogP) is 5.05. The van der Waals surface area contributed by atoms with Gasteiger partial charge in [-0.2, -0.15) is 0 Å². The average Bonchev–Trinajstić information content (AvgIpc) is 2.58. The predicted molar refractivity (Wildman–Crippen MR) is 102 cm³/mol. The molecule has 0 saturated carbocycles. The minimum absolute atomic E-state index is 0.187. The Morgan fingerprint density at radius 1 is 0.600 bits per heavy atom. The van der Waals surface area contributed by atoms with Crippen molar-refractivity contribution in [3.05, 3.63) is 47.0 Å². The van der Waals surface area contributed by atoms with Gasteiger partial charge in [0.05, 0.1) is 0 Å². The smallest absolute Gasteiger partial charge is 0.125 e. The van der Waals surface area contributed by atoms with E-state index in [-0.39, 0.29) is 23.0 Å². The summed E-state index contributed by atoms with van der Waals surface area (Å²) in [5.74, 6) is 0.872. The summed E-state index contributed by atoms with van der Waals surface area (Å²) in [6, 6.07) is 8.28. The molecule has 0 fully saturated rings. The molecule has 4 heteroatoms. The molecule has 0 amide bonds. The van der Waals surface area contributed by atoms with Crippen LogP contribution in [-0.2, 0) is 19.3 Å². The van der Waals surface area contributed by atoms with Crippen molar-refractivity contribution < 1.29 is 20.4 Å². The van der Waals surface area contributed by atoms with E-state index in [1.165, 1.54) is 0 Å². The highest BCUT2D eigenvalue weighted by molar-refractivity contribution is 5.48. The fourth-order valence-electron chi connectivity index (χ4n) is 2.71. The molecule has 0 aromatic heterocycles. The molecule has 2 rings (SSSR count). The molecule has 4 nitrogen and oxygen atoms in total. The second-order valence-corrected chi connectivity index (χ2v) is 6.10. The minimum Gasteiger partial charge on any atom is -0.508 e. The van der Waals surface area contributed by atoms with Gasteiger partial charge in [-0.3, -0.25) is 0 Å². The summed E-state index contributed by atoms with van der Waals surface area (Å²) in [7, 11) is 0. The summed E-state index contributed by atoms with van der Waals surface area (Å²) in [4.78, 5) is 0. The van der Waals surface area contributed by atoms with Crippen molar-refractivity contribution in [1.82, 2.24) is 0 Å². The van der Waals surface area contributed by atoms with Crippen molar-refractivity contribution in [3.8, 4) is 23.0 Å². The zero-order valence-corrected chi connectivity index (χ0v) is 15.4. The van der Waals surface area contributed by atoms with Crippen molar-refractivity contribution >= 4 is 0 Å². The molecule has 0 atom stereocenters. The summed E-state index contributed by atoms with van der Waals surface area (Å²) in [5, 5.41) is 38.0. The van der Waals surface area contributed by atoms with Crippen molar-refractivity contribution in [2.45, 2.75) is 59.3 Å². The number of hydrogen-bond donors (Lipinski definition) is 4. The highest BCUT2D eigenvalue weighted by Gasteiger charge is 2.10. The molecule has 0 unspecified atom stereocenters. The fraction of sp³-hybridized carbons (Fsp3) is 0.429. The van der Waals surface area contributed by atoms with Crippen LogP contribution < -0.4 is 0 Å². The van der Waals surface area contributed by atoms with Crippen LogP contribution in [0.4, 0.5) is 0 Å². The molecule has 0 aliphatic carbocycles. The van der Waals surface area contributed by atoms with Crippen LogP contribution in [0.3, 0.4) is 0 Å². The highest BCUT2D eigenvalue weighted by Crippen LogP contribution is 2.32. The first-order chi connectivity index (χ1) is 12.0. The van der Waals surface area contributed by atoms with Gasteiger partial charge < -0.3 is 20.4 Å². The second-order valence-electron chi connectivity index (χ2n) is 6.10. The Balaban J connectivity index is 0.000000257. The molecule has 0 aliphatic rings. The summed E-state index contributed by atoms with van der Waals surface area (Å²) < 4.78 is 0. The third-order valence-electron chi connectivity index (χ3n) is 3.99. The van der Waals surface area contributed by atoms with Crippen LogP contribution in [0, 0.1) is 0 Å². The molecule has 2 aromatic carbocycles. The number of rotatable bonds is 6. The van der Waals surface area contributed by atoms with Crippen molar-refractivity contribution in [3.63, 3.8) is 0 Å². The Morgan fingerprint density at radius 2 is 1.08 bits per heavy atom. The van der Waals surface area contributed by atoms with Gasteiger partial charge in [-0.25, -0.2) is 0 Å². The van der Waals surface area contributed by atoms with Gasteiger partial charge in [0.2, 0.25) is 0 Å². The molecule has 0 saturated heterocycles. The van der Waals surface area contributed by atoms with Gasteiger partial charge in [0.1, 0.15) is 23.0 Å². The van der Waals surface area contributed by atoms with E-state index in [1.54, 1.807) is 30.3 Å². The first-order valence-corrected chi connectivity index (χ1v) is 8.98. The summed E-state index contributed by atoms with van der Waals surface area (Å²) in [6.45, 7) is 6.11. The van der Waals surface area contributed by atoms with Crippen molar-refractivity contribution in [2.24, 2.45) is 0 Å². The largest absolute Gasteiger partial charge is 0.508 e. The fourth-order valence-corrected chi connectivity index (χ4v) is 2.71. The highest BCUT2D eigenvalue weighted by atomic mass is 16.3. The Hall–Kier alpha value is -2.36. The molecular weight excluding hydrogens is 316 g/mol. The molecule has 138 valence electrons. The van der Waals surface area contributed by atoms with Gasteiger partial charge in [-0.05, 0) is 43.0 Å². The number of aromatic hydroxyl groups is 4. The van der Waals surface area contributed by atoms with Crippen LogP contribution in [0.25, 0.3) is 0 Å². The third-order valence-corrected chi connectivity index (χ3v) is 3.99. The number of hydrogen-bond acceptors (Lipinski definition) is 4. The Labute approximate surface area is 150 Å². The molecular formula is C21H30O4. The van der Waals surface area contributed by atoms with Crippen LogP contribution in [0.1, 0.15) is 56.7 Å². The van der Waals surface area contributed by atoms with E-state index in [2.05, 4.69) is 6.92 Å². The van der Waals surface area contributed by atoms with E-state index < -0.39 is 0 Å². The van der Waals surface area contributed by atoms with Crippen molar-refractivity contribution in [2.75, 3.05) is 0 Å². The third kappa shape index (κ3) is 5.89. The molecule has 25 heavy (non-hydrogen) atoms. The normalized spacial score (nSPS) is 10.2. The van der Waals surface area contributed by atoms with Crippen LogP contribution >= 0.6 is 0 Å². The summed E-state index contributed by atoms with van der Waals surface area (Å²) >= 11 is 0. The number of benzene rings is 2. The lowest BCUT2D eigenvalue weighted by Gasteiger charge is -2.10. The van der Waals surface area contributed by atoms with E-state index >= 15 is 0 Å². The monoisotopic (exact) mass is 346 g/mol.